The molecule has 1 fully saturated rings. The van der Waals surface area contributed by atoms with Crippen molar-refractivity contribution in [2.75, 3.05) is 40.0 Å². The van der Waals surface area contributed by atoms with Gasteiger partial charge in [-0.1, -0.05) is 18.2 Å². The Morgan fingerprint density at radius 3 is 2.57 bits per heavy atom. The van der Waals surface area contributed by atoms with Gasteiger partial charge in [0.2, 0.25) is 10.0 Å². The molecule has 1 aliphatic heterocycles. The molecule has 2 aromatic heterocycles. The zero-order valence-corrected chi connectivity index (χ0v) is 21.2. The van der Waals surface area contributed by atoms with E-state index in [1.54, 1.807) is 31.4 Å². The maximum absolute atomic E-state index is 12.9. The van der Waals surface area contributed by atoms with Crippen molar-refractivity contribution < 1.29 is 22.3 Å². The molecular formula is C25H27N3O5S2. The van der Waals surface area contributed by atoms with Crippen molar-refractivity contribution in [2.45, 2.75) is 17.9 Å². The molecule has 0 bridgehead atoms. The molecule has 0 N–H and O–H groups in total. The lowest BCUT2D eigenvalue weighted by Gasteiger charge is -2.26. The summed E-state index contributed by atoms with van der Waals surface area (Å²) in [5.74, 6) is 0.763. The predicted octanol–water partition coefficient (Wildman–Crippen LogP) is 4.42. The highest BCUT2D eigenvalue weighted by Crippen LogP contribution is 2.30. The second-order valence-electron chi connectivity index (χ2n) is 8.35. The number of rotatable bonds is 7. The number of para-hydroxylation sites is 1. The smallest absolute Gasteiger partial charge is 0.243 e. The first kappa shape index (κ1) is 24.0. The van der Waals surface area contributed by atoms with E-state index in [-0.39, 0.29) is 10.9 Å². The van der Waals surface area contributed by atoms with E-state index in [1.165, 1.54) is 15.6 Å². The number of fused-ring (bicyclic) bond motifs is 1. The van der Waals surface area contributed by atoms with Gasteiger partial charge in [-0.3, -0.25) is 0 Å². The summed E-state index contributed by atoms with van der Waals surface area (Å²) in [6.07, 6.45) is 0. The van der Waals surface area contributed by atoms with Crippen LogP contribution in [0, 0.1) is 0 Å². The number of methoxy groups -OCH3 is 1. The molecule has 1 aliphatic rings. The van der Waals surface area contributed by atoms with E-state index in [9.17, 15) is 8.42 Å². The van der Waals surface area contributed by atoms with E-state index < -0.39 is 10.0 Å². The number of aromatic nitrogens is 1. The van der Waals surface area contributed by atoms with Crippen molar-refractivity contribution in [3.8, 4) is 11.5 Å². The third-order valence-corrected chi connectivity index (χ3v) is 8.69. The van der Waals surface area contributed by atoms with Crippen LogP contribution in [0.3, 0.4) is 0 Å². The number of morpholine rings is 1. The summed E-state index contributed by atoms with van der Waals surface area (Å²) < 4.78 is 46.2. The molecule has 8 nitrogen and oxygen atoms in total. The average Bonchev–Trinajstić information content (AvgIpc) is 3.49. The van der Waals surface area contributed by atoms with Gasteiger partial charge in [0.15, 0.2) is 10.6 Å². The SMILES string of the molecule is COC[C@@H](C)n1c(-c2cc3ccccc3o2)csc1=Nc1ccc(S(=O)(=O)N2CCOCC2)cc1. The number of furan rings is 1. The fraction of sp³-hybridized carbons (Fsp3) is 0.320. The maximum atomic E-state index is 12.9. The molecule has 0 spiro atoms. The number of sulfonamides is 1. The van der Waals surface area contributed by atoms with Crippen LogP contribution in [0.25, 0.3) is 22.4 Å². The minimum Gasteiger partial charge on any atom is -0.454 e. The van der Waals surface area contributed by atoms with Crippen molar-refractivity contribution in [1.82, 2.24) is 8.87 Å². The van der Waals surface area contributed by atoms with Gasteiger partial charge in [0.1, 0.15) is 5.58 Å². The molecule has 1 saturated heterocycles. The van der Waals surface area contributed by atoms with Crippen molar-refractivity contribution in [3.05, 3.63) is 64.8 Å². The Morgan fingerprint density at radius 1 is 1.11 bits per heavy atom. The normalized spacial score (nSPS) is 16.7. The third-order valence-electron chi connectivity index (χ3n) is 5.94. The quantitative estimate of drug-likeness (QED) is 0.365. The zero-order chi connectivity index (χ0) is 24.4. The highest BCUT2D eigenvalue weighted by molar-refractivity contribution is 7.89. The Labute approximate surface area is 208 Å². The summed E-state index contributed by atoms with van der Waals surface area (Å²) in [5.41, 5.74) is 2.42. The van der Waals surface area contributed by atoms with Crippen LogP contribution in [0.15, 0.2) is 74.3 Å². The molecular weight excluding hydrogens is 486 g/mol. The second kappa shape index (κ2) is 10.1. The Hall–Kier alpha value is -2.76. The molecule has 1 atom stereocenters. The molecule has 3 heterocycles. The molecule has 0 amide bonds. The van der Waals surface area contributed by atoms with E-state index in [4.69, 9.17) is 18.9 Å². The molecule has 35 heavy (non-hydrogen) atoms. The van der Waals surface area contributed by atoms with Gasteiger partial charge >= 0.3 is 0 Å². The number of ether oxygens (including phenoxy) is 2. The van der Waals surface area contributed by atoms with E-state index in [2.05, 4.69) is 11.5 Å². The second-order valence-corrected chi connectivity index (χ2v) is 11.1. The van der Waals surface area contributed by atoms with Crippen LogP contribution < -0.4 is 4.80 Å². The molecule has 0 saturated carbocycles. The molecule has 10 heteroatoms. The van der Waals surface area contributed by atoms with E-state index >= 15 is 0 Å². The monoisotopic (exact) mass is 513 g/mol. The number of thiazole rings is 1. The van der Waals surface area contributed by atoms with Gasteiger partial charge in [0, 0.05) is 31.0 Å². The van der Waals surface area contributed by atoms with Gasteiger partial charge in [-0.2, -0.15) is 4.31 Å². The Bertz CT molecular complexity index is 1450. The van der Waals surface area contributed by atoms with Crippen LogP contribution >= 0.6 is 11.3 Å². The molecule has 4 aromatic rings. The van der Waals surface area contributed by atoms with Crippen molar-refractivity contribution in [2.24, 2.45) is 4.99 Å². The average molecular weight is 514 g/mol. The van der Waals surface area contributed by atoms with Crippen LogP contribution in [0.2, 0.25) is 0 Å². The largest absolute Gasteiger partial charge is 0.454 e. The topological polar surface area (TPSA) is 86.3 Å². The lowest BCUT2D eigenvalue weighted by molar-refractivity contribution is 0.0730. The van der Waals surface area contributed by atoms with Crippen LogP contribution in [-0.4, -0.2) is 57.3 Å². The number of hydrogen-bond donors (Lipinski definition) is 0. The summed E-state index contributed by atoms with van der Waals surface area (Å²) in [5, 5.41) is 3.06. The number of hydrogen-bond acceptors (Lipinski definition) is 7. The van der Waals surface area contributed by atoms with Crippen molar-refractivity contribution in [3.63, 3.8) is 0 Å². The molecule has 5 rings (SSSR count). The summed E-state index contributed by atoms with van der Waals surface area (Å²) >= 11 is 1.50. The highest BCUT2D eigenvalue weighted by atomic mass is 32.2. The highest BCUT2D eigenvalue weighted by Gasteiger charge is 2.26. The molecule has 0 aliphatic carbocycles. The van der Waals surface area contributed by atoms with E-state index in [0.29, 0.717) is 38.6 Å². The van der Waals surface area contributed by atoms with Crippen LogP contribution in [-0.2, 0) is 19.5 Å². The summed E-state index contributed by atoms with van der Waals surface area (Å²) in [6, 6.07) is 16.6. The maximum Gasteiger partial charge on any atom is 0.243 e. The van der Waals surface area contributed by atoms with Gasteiger partial charge in [0.25, 0.3) is 0 Å². The number of benzene rings is 2. The summed E-state index contributed by atoms with van der Waals surface area (Å²) in [6.45, 7) is 4.14. The lowest BCUT2D eigenvalue weighted by atomic mass is 10.2. The fourth-order valence-corrected chi connectivity index (χ4v) is 6.58. The predicted molar refractivity (Wildman–Crippen MR) is 135 cm³/mol. The van der Waals surface area contributed by atoms with Gasteiger partial charge < -0.3 is 18.5 Å². The van der Waals surface area contributed by atoms with Gasteiger partial charge in [-0.25, -0.2) is 13.4 Å². The minimum absolute atomic E-state index is 0.00850. The Kier molecular flexibility index (Phi) is 6.90. The Balaban J connectivity index is 1.51. The fourth-order valence-electron chi connectivity index (χ4n) is 4.17. The summed E-state index contributed by atoms with van der Waals surface area (Å²) in [4.78, 5) is 5.87. The lowest BCUT2D eigenvalue weighted by Crippen LogP contribution is -2.40. The molecule has 0 unspecified atom stereocenters. The van der Waals surface area contributed by atoms with Crippen LogP contribution in [0.5, 0.6) is 0 Å². The van der Waals surface area contributed by atoms with Gasteiger partial charge in [0.05, 0.1) is 42.1 Å². The van der Waals surface area contributed by atoms with E-state index in [1.807, 2.05) is 35.7 Å². The first-order valence-corrected chi connectivity index (χ1v) is 13.7. The molecule has 2 aromatic carbocycles. The van der Waals surface area contributed by atoms with Gasteiger partial charge in [-0.05, 0) is 43.3 Å². The first-order chi connectivity index (χ1) is 17.0. The van der Waals surface area contributed by atoms with Crippen LogP contribution in [0.1, 0.15) is 13.0 Å². The standard InChI is InChI=1S/C25H27N3O5S2/c1-18(16-31-2)28-22(24-15-19-5-3-4-6-23(19)33-24)17-34-25(28)26-20-7-9-21(10-8-20)35(29,30)27-11-13-32-14-12-27/h3-10,15,17-18H,11-14,16H2,1-2H3/t18-/m1/s1. The van der Waals surface area contributed by atoms with E-state index in [0.717, 1.165) is 27.2 Å². The van der Waals surface area contributed by atoms with Gasteiger partial charge in [-0.15, -0.1) is 11.3 Å². The van der Waals surface area contributed by atoms with Crippen LogP contribution in [0.4, 0.5) is 5.69 Å². The number of nitrogens with zero attached hydrogens (tertiary/aromatic N) is 3. The first-order valence-electron chi connectivity index (χ1n) is 11.4. The van der Waals surface area contributed by atoms with Crippen molar-refractivity contribution >= 4 is 38.0 Å². The Morgan fingerprint density at radius 2 is 1.86 bits per heavy atom. The minimum atomic E-state index is -3.55. The zero-order valence-electron chi connectivity index (χ0n) is 19.6. The third kappa shape index (κ3) is 4.85. The van der Waals surface area contributed by atoms with Crippen molar-refractivity contribution in [1.29, 1.82) is 0 Å². The molecule has 184 valence electrons. The molecule has 0 radical (unpaired) electrons. The summed E-state index contributed by atoms with van der Waals surface area (Å²) in [7, 11) is -1.87.